The van der Waals surface area contributed by atoms with Crippen molar-refractivity contribution in [3.05, 3.63) is 35.9 Å². The van der Waals surface area contributed by atoms with Gasteiger partial charge in [-0.25, -0.2) is 4.79 Å². The Kier molecular flexibility index (Phi) is 3.66. The second kappa shape index (κ2) is 4.97. The van der Waals surface area contributed by atoms with Gasteiger partial charge in [-0.05, 0) is 24.3 Å². The normalized spacial score (nSPS) is 10.9. The van der Waals surface area contributed by atoms with E-state index in [1.807, 2.05) is 0 Å². The molecular weight excluding hydrogens is 212 g/mol. The number of aliphatic hydroxyl groups is 1. The topological polar surface area (TPSA) is 83.8 Å². The van der Waals surface area contributed by atoms with Crippen LogP contribution in [0.3, 0.4) is 0 Å². The van der Waals surface area contributed by atoms with Crippen LogP contribution in [0.1, 0.15) is 5.56 Å². The Morgan fingerprint density at radius 1 is 1.19 bits per heavy atom. The number of carbonyl (C=O) groups excluding carboxylic acids is 1. The van der Waals surface area contributed by atoms with Gasteiger partial charge in [0.2, 0.25) is 0 Å². The summed E-state index contributed by atoms with van der Waals surface area (Å²) in [6.07, 6.45) is 0.657. The fourth-order valence-electron chi connectivity index (χ4n) is 1.03. The SMILES string of the molecule is COc1ccc(/C(O)=C\C(=O)C(=O)O)cc1. The molecule has 0 aromatic heterocycles. The van der Waals surface area contributed by atoms with Gasteiger partial charge in [0.1, 0.15) is 11.5 Å². The van der Waals surface area contributed by atoms with Crippen LogP contribution in [-0.4, -0.2) is 29.1 Å². The molecular formula is C11H10O5. The van der Waals surface area contributed by atoms with Gasteiger partial charge in [-0.1, -0.05) is 0 Å². The summed E-state index contributed by atoms with van der Waals surface area (Å²) in [6.45, 7) is 0. The third-order valence-electron chi connectivity index (χ3n) is 1.86. The molecule has 0 fully saturated rings. The largest absolute Gasteiger partial charge is 0.507 e. The summed E-state index contributed by atoms with van der Waals surface area (Å²) in [4.78, 5) is 21.0. The number of benzene rings is 1. The lowest BCUT2D eigenvalue weighted by Gasteiger charge is -2.01. The molecule has 1 aromatic carbocycles. The van der Waals surface area contributed by atoms with Crippen LogP contribution in [0.2, 0.25) is 0 Å². The monoisotopic (exact) mass is 222 g/mol. The Morgan fingerprint density at radius 3 is 2.19 bits per heavy atom. The van der Waals surface area contributed by atoms with Gasteiger partial charge in [0.05, 0.1) is 7.11 Å². The van der Waals surface area contributed by atoms with Crippen LogP contribution in [0.25, 0.3) is 5.76 Å². The van der Waals surface area contributed by atoms with Crippen LogP contribution >= 0.6 is 0 Å². The van der Waals surface area contributed by atoms with Gasteiger partial charge in [-0.15, -0.1) is 0 Å². The predicted octanol–water partition coefficient (Wildman–Crippen LogP) is 1.25. The molecule has 0 spiro atoms. The van der Waals surface area contributed by atoms with Crippen molar-refractivity contribution in [2.24, 2.45) is 0 Å². The number of methoxy groups -OCH3 is 1. The second-order valence-corrected chi connectivity index (χ2v) is 2.93. The third-order valence-corrected chi connectivity index (χ3v) is 1.86. The molecule has 0 saturated carbocycles. The molecule has 0 unspecified atom stereocenters. The maximum absolute atomic E-state index is 10.8. The first-order valence-electron chi connectivity index (χ1n) is 4.37. The summed E-state index contributed by atoms with van der Waals surface area (Å²) in [5.41, 5.74) is 0.343. The van der Waals surface area contributed by atoms with Crippen molar-refractivity contribution in [1.29, 1.82) is 0 Å². The van der Waals surface area contributed by atoms with Gasteiger partial charge in [-0.3, -0.25) is 4.79 Å². The van der Waals surface area contributed by atoms with Gasteiger partial charge >= 0.3 is 5.97 Å². The highest BCUT2D eigenvalue weighted by molar-refractivity contribution is 6.38. The zero-order chi connectivity index (χ0) is 12.1. The molecule has 0 aliphatic heterocycles. The zero-order valence-electron chi connectivity index (χ0n) is 8.51. The average molecular weight is 222 g/mol. The van der Waals surface area contributed by atoms with Crippen molar-refractivity contribution < 1.29 is 24.5 Å². The van der Waals surface area contributed by atoms with Gasteiger partial charge < -0.3 is 14.9 Å². The summed E-state index contributed by atoms with van der Waals surface area (Å²) >= 11 is 0. The van der Waals surface area contributed by atoms with Crippen LogP contribution in [0.5, 0.6) is 5.75 Å². The van der Waals surface area contributed by atoms with Crippen molar-refractivity contribution in [2.75, 3.05) is 7.11 Å². The van der Waals surface area contributed by atoms with E-state index < -0.39 is 17.5 Å². The number of carboxylic acid groups (broad SMARTS) is 1. The first-order chi connectivity index (χ1) is 7.54. The van der Waals surface area contributed by atoms with Gasteiger partial charge in [0.25, 0.3) is 5.78 Å². The predicted molar refractivity (Wildman–Crippen MR) is 56.2 cm³/mol. The lowest BCUT2D eigenvalue weighted by molar-refractivity contribution is -0.146. The van der Waals surface area contributed by atoms with Gasteiger partial charge in [-0.2, -0.15) is 0 Å². The molecule has 0 bridgehead atoms. The quantitative estimate of drug-likeness (QED) is 0.455. The van der Waals surface area contributed by atoms with E-state index >= 15 is 0 Å². The minimum absolute atomic E-state index is 0.343. The van der Waals surface area contributed by atoms with E-state index in [-0.39, 0.29) is 0 Å². The van der Waals surface area contributed by atoms with Crippen molar-refractivity contribution >= 4 is 17.5 Å². The van der Waals surface area contributed by atoms with Crippen LogP contribution in [0.15, 0.2) is 30.3 Å². The minimum atomic E-state index is -1.61. The molecule has 84 valence electrons. The van der Waals surface area contributed by atoms with E-state index in [2.05, 4.69) is 0 Å². The summed E-state index contributed by atoms with van der Waals surface area (Å²) < 4.78 is 4.91. The molecule has 0 amide bonds. The molecule has 2 N–H and O–H groups in total. The van der Waals surface area contributed by atoms with Crippen LogP contribution in [-0.2, 0) is 9.59 Å². The number of aliphatic hydroxyl groups excluding tert-OH is 1. The molecule has 5 nitrogen and oxygen atoms in total. The maximum atomic E-state index is 10.8. The van der Waals surface area contributed by atoms with Crippen LogP contribution in [0.4, 0.5) is 0 Å². The number of ketones is 1. The average Bonchev–Trinajstić information content (AvgIpc) is 2.28. The standard InChI is InChI=1S/C11H10O5/c1-16-8-4-2-7(3-5-8)9(12)6-10(13)11(14)15/h2-6,12H,1H3,(H,14,15)/b9-6+. The zero-order valence-corrected chi connectivity index (χ0v) is 8.51. The molecule has 1 aromatic rings. The van der Waals surface area contributed by atoms with E-state index in [9.17, 15) is 14.7 Å². The van der Waals surface area contributed by atoms with E-state index in [0.717, 1.165) is 0 Å². The Balaban J connectivity index is 2.91. The van der Waals surface area contributed by atoms with Gasteiger partial charge in [0.15, 0.2) is 0 Å². The van der Waals surface area contributed by atoms with Crippen molar-refractivity contribution in [3.8, 4) is 5.75 Å². The van der Waals surface area contributed by atoms with Crippen LogP contribution < -0.4 is 4.74 Å². The lowest BCUT2D eigenvalue weighted by atomic mass is 10.1. The molecule has 16 heavy (non-hydrogen) atoms. The minimum Gasteiger partial charge on any atom is -0.507 e. The van der Waals surface area contributed by atoms with Gasteiger partial charge in [0, 0.05) is 11.6 Å². The van der Waals surface area contributed by atoms with Crippen molar-refractivity contribution in [1.82, 2.24) is 0 Å². The highest BCUT2D eigenvalue weighted by atomic mass is 16.5. The molecule has 0 radical (unpaired) electrons. The first-order valence-corrected chi connectivity index (χ1v) is 4.37. The Morgan fingerprint density at radius 2 is 1.75 bits per heavy atom. The van der Waals surface area contributed by atoms with Crippen LogP contribution in [0, 0.1) is 0 Å². The number of aliphatic carboxylic acids is 1. The van der Waals surface area contributed by atoms with E-state index in [4.69, 9.17) is 9.84 Å². The van der Waals surface area contributed by atoms with E-state index in [0.29, 0.717) is 17.4 Å². The Bertz CT molecular complexity index is 430. The Hall–Kier alpha value is -2.30. The number of carboxylic acids is 1. The third kappa shape index (κ3) is 2.84. The summed E-state index contributed by atoms with van der Waals surface area (Å²) in [7, 11) is 1.50. The van der Waals surface area contributed by atoms with Crippen molar-refractivity contribution in [3.63, 3.8) is 0 Å². The second-order valence-electron chi connectivity index (χ2n) is 2.93. The molecule has 0 aliphatic rings. The highest BCUT2D eigenvalue weighted by Gasteiger charge is 2.10. The highest BCUT2D eigenvalue weighted by Crippen LogP contribution is 2.16. The number of rotatable bonds is 4. The number of hydrogen-bond donors (Lipinski definition) is 2. The smallest absolute Gasteiger partial charge is 0.376 e. The van der Waals surface area contributed by atoms with E-state index in [1.54, 1.807) is 12.1 Å². The molecule has 0 aliphatic carbocycles. The molecule has 0 heterocycles. The maximum Gasteiger partial charge on any atom is 0.376 e. The first kappa shape index (κ1) is 11.8. The number of carbonyl (C=O) groups is 2. The Labute approximate surface area is 91.6 Å². The molecule has 0 atom stereocenters. The van der Waals surface area contributed by atoms with E-state index in [1.165, 1.54) is 19.2 Å². The summed E-state index contributed by atoms with van der Waals surface area (Å²) in [6, 6.07) is 6.20. The lowest BCUT2D eigenvalue weighted by Crippen LogP contribution is -2.09. The fraction of sp³-hybridized carbons (Fsp3) is 0.0909. The molecule has 5 heteroatoms. The molecule has 1 rings (SSSR count). The molecule has 0 saturated heterocycles. The number of ether oxygens (including phenoxy) is 1. The summed E-state index contributed by atoms with van der Waals surface area (Å²) in [5, 5.41) is 17.8. The fourth-order valence-corrected chi connectivity index (χ4v) is 1.03. The summed E-state index contributed by atoms with van der Waals surface area (Å²) in [5.74, 6) is -2.58. The van der Waals surface area contributed by atoms with Crippen molar-refractivity contribution in [2.45, 2.75) is 0 Å². The number of hydrogen-bond acceptors (Lipinski definition) is 4.